The highest BCUT2D eigenvalue weighted by Gasteiger charge is 2.16. The van der Waals surface area contributed by atoms with Gasteiger partial charge in [0.15, 0.2) is 5.65 Å². The number of pyridine rings is 1. The lowest BCUT2D eigenvalue weighted by molar-refractivity contribution is -0.122. The van der Waals surface area contributed by atoms with Crippen molar-refractivity contribution in [2.75, 3.05) is 13.1 Å². The Morgan fingerprint density at radius 3 is 2.52 bits per heavy atom. The zero-order chi connectivity index (χ0) is 18.5. The maximum Gasteiger partial charge on any atom is 0.240 e. The first-order valence-electron chi connectivity index (χ1n) is 8.13. The van der Waals surface area contributed by atoms with Crippen LogP contribution in [0.5, 0.6) is 0 Å². The summed E-state index contributed by atoms with van der Waals surface area (Å²) < 4.78 is 1.77. The Bertz CT molecular complexity index is 940. The smallest absolute Gasteiger partial charge is 0.240 e. The molecule has 1 aromatic carbocycles. The molecule has 27 heavy (non-hydrogen) atoms. The molecule has 9 heteroatoms. The molecule has 0 radical (unpaired) electrons. The molecule has 8 nitrogen and oxygen atoms in total. The lowest BCUT2D eigenvalue weighted by atomic mass is 10.2. The van der Waals surface area contributed by atoms with Crippen LogP contribution >= 0.6 is 11.6 Å². The van der Waals surface area contributed by atoms with E-state index in [9.17, 15) is 9.59 Å². The van der Waals surface area contributed by atoms with Gasteiger partial charge in [0.05, 0.1) is 0 Å². The molecule has 2 heterocycles. The van der Waals surface area contributed by atoms with Crippen molar-refractivity contribution in [1.82, 2.24) is 25.2 Å². The molecule has 2 aromatic heterocycles. The van der Waals surface area contributed by atoms with Crippen LogP contribution in [-0.4, -0.2) is 44.9 Å². The molecule has 3 rings (SSSR count). The molecule has 4 N–H and O–H groups in total. The Balaban J connectivity index is 0.00000261. The summed E-state index contributed by atoms with van der Waals surface area (Å²) >= 11 is 5.96. The van der Waals surface area contributed by atoms with Crippen molar-refractivity contribution in [1.29, 1.82) is 0 Å². The molecule has 0 fully saturated rings. The zero-order valence-electron chi connectivity index (χ0n) is 14.7. The summed E-state index contributed by atoms with van der Waals surface area (Å²) in [4.78, 5) is 32.1. The van der Waals surface area contributed by atoms with E-state index >= 15 is 0 Å². The number of nitrogens with one attached hydrogen (secondary N) is 2. The van der Waals surface area contributed by atoms with Gasteiger partial charge in [-0.15, -0.1) is 0 Å². The number of rotatable bonds is 6. The van der Waals surface area contributed by atoms with Gasteiger partial charge in [0.1, 0.15) is 17.9 Å². The quantitative estimate of drug-likeness (QED) is 0.615. The van der Waals surface area contributed by atoms with Crippen LogP contribution in [0.2, 0.25) is 5.02 Å². The van der Waals surface area contributed by atoms with Crippen LogP contribution in [0.15, 0.2) is 42.6 Å². The monoisotopic (exact) mass is 389 g/mol. The summed E-state index contributed by atoms with van der Waals surface area (Å²) in [6.45, 7) is 2.25. The molecule has 0 saturated carbocycles. The molecule has 0 spiro atoms. The second kappa shape index (κ2) is 9.11. The van der Waals surface area contributed by atoms with Gasteiger partial charge in [-0.25, -0.2) is 9.97 Å². The molecule has 2 amide bonds. The molecular weight excluding hydrogens is 370 g/mol. The second-order valence-corrected chi connectivity index (χ2v) is 6.14. The van der Waals surface area contributed by atoms with E-state index in [4.69, 9.17) is 11.6 Å². The van der Waals surface area contributed by atoms with Crippen LogP contribution in [-0.2, 0) is 16.1 Å². The largest absolute Gasteiger partial charge is 0.412 e. The highest BCUT2D eigenvalue weighted by Crippen LogP contribution is 2.24. The lowest BCUT2D eigenvalue weighted by Crippen LogP contribution is -2.35. The van der Waals surface area contributed by atoms with Crippen molar-refractivity contribution in [3.8, 4) is 11.4 Å². The number of hydrogen-bond donors (Lipinski definition) is 2. The van der Waals surface area contributed by atoms with Crippen LogP contribution in [0.1, 0.15) is 6.92 Å². The maximum atomic E-state index is 12.3. The highest BCUT2D eigenvalue weighted by atomic mass is 35.5. The summed E-state index contributed by atoms with van der Waals surface area (Å²) in [7, 11) is 0. The molecule has 0 aliphatic carbocycles. The Kier molecular flexibility index (Phi) is 6.86. The third-order valence-corrected chi connectivity index (χ3v) is 3.98. The van der Waals surface area contributed by atoms with Gasteiger partial charge in [-0.05, 0) is 36.4 Å². The first-order valence-corrected chi connectivity index (χ1v) is 8.51. The summed E-state index contributed by atoms with van der Waals surface area (Å²) in [5, 5.41) is 6.04. The Hall–Kier alpha value is -2.97. The number of amides is 2. The number of carbonyl (C=O) groups excluding carboxylic acids is 2. The molecule has 0 unspecified atom stereocenters. The van der Waals surface area contributed by atoms with Gasteiger partial charge in [0.2, 0.25) is 11.8 Å². The van der Waals surface area contributed by atoms with Crippen molar-refractivity contribution in [2.24, 2.45) is 0 Å². The van der Waals surface area contributed by atoms with Gasteiger partial charge in [-0.3, -0.25) is 14.2 Å². The lowest BCUT2D eigenvalue weighted by Gasteiger charge is -2.10. The van der Waals surface area contributed by atoms with E-state index in [1.165, 1.54) is 6.92 Å². The standard InChI is InChI=1S/C18H18ClN5O2.H2O/c1-12(25)20-9-10-21-16(26)11-24-17(13-4-6-14(19)7-5-13)23-15-3-2-8-22-18(15)24;/h2-8H,9-11H2,1H3,(H,20,25)(H,21,26);1H2. The van der Waals surface area contributed by atoms with E-state index in [2.05, 4.69) is 20.6 Å². The van der Waals surface area contributed by atoms with Crippen LogP contribution in [0.25, 0.3) is 22.6 Å². The molecule has 3 aromatic rings. The van der Waals surface area contributed by atoms with Gasteiger partial charge < -0.3 is 16.1 Å². The SMILES string of the molecule is CC(=O)NCCNC(=O)Cn1c(-c2ccc(Cl)cc2)nc2cccnc21.O. The van der Waals surface area contributed by atoms with E-state index in [1.807, 2.05) is 18.2 Å². The fourth-order valence-corrected chi connectivity index (χ4v) is 2.69. The van der Waals surface area contributed by atoms with Crippen molar-refractivity contribution in [2.45, 2.75) is 13.5 Å². The van der Waals surface area contributed by atoms with E-state index in [1.54, 1.807) is 29.0 Å². The predicted octanol–water partition coefficient (Wildman–Crippen LogP) is 1.18. The molecule has 0 saturated heterocycles. The zero-order valence-corrected chi connectivity index (χ0v) is 15.5. The minimum Gasteiger partial charge on any atom is -0.412 e. The van der Waals surface area contributed by atoms with Crippen LogP contribution in [0.4, 0.5) is 0 Å². The number of hydrogen-bond acceptors (Lipinski definition) is 4. The number of carbonyl (C=O) groups is 2. The van der Waals surface area contributed by atoms with Crippen LogP contribution in [0, 0.1) is 0 Å². The predicted molar refractivity (Wildman–Crippen MR) is 103 cm³/mol. The second-order valence-electron chi connectivity index (χ2n) is 5.71. The summed E-state index contributed by atoms with van der Waals surface area (Å²) in [6.07, 6.45) is 1.67. The van der Waals surface area contributed by atoms with Crippen LogP contribution in [0.3, 0.4) is 0 Å². The topological polar surface area (TPSA) is 120 Å². The number of fused-ring (bicyclic) bond motifs is 1. The van der Waals surface area contributed by atoms with Gasteiger partial charge in [-0.1, -0.05) is 11.6 Å². The normalized spacial score (nSPS) is 10.3. The van der Waals surface area contributed by atoms with Crippen molar-refractivity contribution in [3.05, 3.63) is 47.6 Å². The number of imidazole rings is 1. The third kappa shape index (κ3) is 5.02. The molecular formula is C18H20ClN5O3. The van der Waals surface area contributed by atoms with Gasteiger partial charge in [0, 0.05) is 36.8 Å². The average Bonchev–Trinajstić information content (AvgIpc) is 2.98. The van der Waals surface area contributed by atoms with Crippen molar-refractivity contribution in [3.63, 3.8) is 0 Å². The van der Waals surface area contributed by atoms with E-state index in [0.29, 0.717) is 35.1 Å². The number of benzene rings is 1. The number of aromatic nitrogens is 3. The van der Waals surface area contributed by atoms with E-state index in [0.717, 1.165) is 5.56 Å². The molecule has 142 valence electrons. The number of nitrogens with zero attached hydrogens (tertiary/aromatic N) is 3. The molecule has 0 bridgehead atoms. The fraction of sp³-hybridized carbons (Fsp3) is 0.222. The van der Waals surface area contributed by atoms with Crippen LogP contribution < -0.4 is 10.6 Å². The van der Waals surface area contributed by atoms with Gasteiger partial charge >= 0.3 is 0 Å². The Morgan fingerprint density at radius 1 is 1.11 bits per heavy atom. The van der Waals surface area contributed by atoms with Gasteiger partial charge in [0.25, 0.3) is 0 Å². The maximum absolute atomic E-state index is 12.3. The minimum atomic E-state index is -0.185. The minimum absolute atomic E-state index is 0. The highest BCUT2D eigenvalue weighted by molar-refractivity contribution is 6.30. The van der Waals surface area contributed by atoms with E-state index in [-0.39, 0.29) is 23.8 Å². The van der Waals surface area contributed by atoms with E-state index < -0.39 is 0 Å². The molecule has 0 atom stereocenters. The Morgan fingerprint density at radius 2 is 1.81 bits per heavy atom. The molecule has 0 aliphatic rings. The Labute approximate surface area is 160 Å². The summed E-state index contributed by atoms with van der Waals surface area (Å²) in [6, 6.07) is 10.9. The fourth-order valence-electron chi connectivity index (χ4n) is 2.57. The number of halogens is 1. The third-order valence-electron chi connectivity index (χ3n) is 3.73. The first kappa shape index (κ1) is 20.3. The first-order chi connectivity index (χ1) is 12.5. The summed E-state index contributed by atoms with van der Waals surface area (Å²) in [5.41, 5.74) is 2.19. The summed E-state index contributed by atoms with van der Waals surface area (Å²) in [5.74, 6) is 0.331. The van der Waals surface area contributed by atoms with Crippen molar-refractivity contribution >= 4 is 34.6 Å². The average molecular weight is 390 g/mol. The van der Waals surface area contributed by atoms with Gasteiger partial charge in [-0.2, -0.15) is 0 Å². The molecule has 0 aliphatic heterocycles. The van der Waals surface area contributed by atoms with Crippen molar-refractivity contribution < 1.29 is 15.1 Å².